The molecule has 0 bridgehead atoms. The van der Waals surface area contributed by atoms with Crippen molar-refractivity contribution in [2.75, 3.05) is 16.4 Å². The molecular formula is C27H22N2O5. The maximum atomic E-state index is 12.9. The van der Waals surface area contributed by atoms with Gasteiger partial charge in [0.15, 0.2) is 6.61 Å². The number of carbonyl (C=O) groups is 4. The van der Waals surface area contributed by atoms with E-state index in [9.17, 15) is 19.2 Å². The monoisotopic (exact) mass is 454 g/mol. The Morgan fingerprint density at radius 2 is 1.50 bits per heavy atom. The van der Waals surface area contributed by atoms with Gasteiger partial charge in [-0.3, -0.25) is 14.4 Å². The molecule has 5 rings (SSSR count). The number of anilines is 2. The van der Waals surface area contributed by atoms with Gasteiger partial charge in [0.05, 0.1) is 22.4 Å². The van der Waals surface area contributed by atoms with Crippen molar-refractivity contribution in [3.63, 3.8) is 0 Å². The molecule has 7 heteroatoms. The summed E-state index contributed by atoms with van der Waals surface area (Å²) in [6.45, 7) is 1.60. The molecule has 0 saturated carbocycles. The number of para-hydroxylation sites is 1. The van der Waals surface area contributed by atoms with E-state index in [0.717, 1.165) is 29.0 Å². The van der Waals surface area contributed by atoms with Crippen LogP contribution < -0.4 is 9.80 Å². The fourth-order valence-corrected chi connectivity index (χ4v) is 4.52. The Balaban J connectivity index is 1.26. The van der Waals surface area contributed by atoms with Crippen molar-refractivity contribution in [3.05, 3.63) is 95.1 Å². The molecular weight excluding hydrogens is 432 g/mol. The number of nitrogens with zero attached hydrogens (tertiary/aromatic N) is 2. The Kier molecular flexibility index (Phi) is 5.45. The number of esters is 1. The first-order valence-electron chi connectivity index (χ1n) is 11.1. The first kappa shape index (κ1) is 21.6. The third kappa shape index (κ3) is 3.65. The predicted octanol–water partition coefficient (Wildman–Crippen LogP) is 4.01. The molecule has 7 nitrogen and oxygen atoms in total. The third-order valence-electron chi connectivity index (χ3n) is 6.27. The van der Waals surface area contributed by atoms with E-state index in [1.807, 2.05) is 31.2 Å². The average molecular weight is 454 g/mol. The van der Waals surface area contributed by atoms with E-state index in [4.69, 9.17) is 4.74 Å². The van der Waals surface area contributed by atoms with Crippen molar-refractivity contribution in [1.82, 2.24) is 0 Å². The second-order valence-electron chi connectivity index (χ2n) is 8.39. The highest BCUT2D eigenvalue weighted by Gasteiger charge is 2.36. The van der Waals surface area contributed by atoms with Crippen LogP contribution in [0.2, 0.25) is 0 Å². The van der Waals surface area contributed by atoms with Gasteiger partial charge in [-0.25, -0.2) is 9.69 Å². The molecule has 0 spiro atoms. The molecule has 3 amide bonds. The number of fused-ring (bicyclic) bond motifs is 2. The van der Waals surface area contributed by atoms with Gasteiger partial charge in [-0.05, 0) is 67.8 Å². The number of benzene rings is 3. The lowest BCUT2D eigenvalue weighted by molar-refractivity contribution is -0.122. The summed E-state index contributed by atoms with van der Waals surface area (Å²) < 4.78 is 5.29. The van der Waals surface area contributed by atoms with Gasteiger partial charge in [0, 0.05) is 11.7 Å². The predicted molar refractivity (Wildman–Crippen MR) is 126 cm³/mol. The van der Waals surface area contributed by atoms with Gasteiger partial charge in [-0.1, -0.05) is 30.3 Å². The van der Waals surface area contributed by atoms with E-state index in [-0.39, 0.29) is 24.1 Å². The molecule has 2 aliphatic rings. The Hall–Kier alpha value is -4.26. The van der Waals surface area contributed by atoms with Gasteiger partial charge in [-0.2, -0.15) is 0 Å². The van der Waals surface area contributed by atoms with Crippen LogP contribution in [-0.4, -0.2) is 36.3 Å². The van der Waals surface area contributed by atoms with Crippen molar-refractivity contribution in [2.24, 2.45) is 0 Å². The minimum Gasteiger partial charge on any atom is -0.452 e. The number of amides is 3. The molecule has 0 aromatic heterocycles. The molecule has 2 heterocycles. The Bertz CT molecular complexity index is 1280. The van der Waals surface area contributed by atoms with E-state index in [0.29, 0.717) is 16.8 Å². The molecule has 2 aliphatic heterocycles. The summed E-state index contributed by atoms with van der Waals surface area (Å²) >= 11 is 0. The van der Waals surface area contributed by atoms with E-state index in [1.165, 1.54) is 24.3 Å². The van der Waals surface area contributed by atoms with Gasteiger partial charge < -0.3 is 9.64 Å². The van der Waals surface area contributed by atoms with Gasteiger partial charge >= 0.3 is 5.97 Å². The zero-order valence-electron chi connectivity index (χ0n) is 18.6. The number of hydrogen-bond acceptors (Lipinski definition) is 5. The van der Waals surface area contributed by atoms with E-state index < -0.39 is 17.8 Å². The fourth-order valence-electron chi connectivity index (χ4n) is 4.52. The number of rotatable bonds is 4. The molecule has 34 heavy (non-hydrogen) atoms. The first-order valence-corrected chi connectivity index (χ1v) is 11.1. The highest BCUT2D eigenvalue weighted by Crippen LogP contribution is 2.31. The van der Waals surface area contributed by atoms with Gasteiger partial charge in [-0.15, -0.1) is 0 Å². The summed E-state index contributed by atoms with van der Waals surface area (Å²) in [4.78, 5) is 53.5. The first-order chi connectivity index (χ1) is 16.5. The molecule has 170 valence electrons. The maximum absolute atomic E-state index is 12.9. The molecule has 0 aliphatic carbocycles. The molecule has 3 aromatic carbocycles. The fraction of sp³-hybridized carbons (Fsp3) is 0.185. The minimum atomic E-state index is -0.653. The normalized spacial score (nSPS) is 16.8. The molecule has 1 unspecified atom stereocenters. The topological polar surface area (TPSA) is 84.0 Å². The van der Waals surface area contributed by atoms with Crippen LogP contribution in [0.3, 0.4) is 0 Å². The van der Waals surface area contributed by atoms with E-state index >= 15 is 0 Å². The molecule has 3 aromatic rings. The molecule has 1 atom stereocenters. The highest BCUT2D eigenvalue weighted by atomic mass is 16.5. The van der Waals surface area contributed by atoms with Gasteiger partial charge in [0.25, 0.3) is 17.7 Å². The highest BCUT2D eigenvalue weighted by molar-refractivity contribution is 6.34. The average Bonchev–Trinajstić information content (AvgIpc) is 3.12. The number of carbonyl (C=O) groups excluding carboxylic acids is 4. The summed E-state index contributed by atoms with van der Waals surface area (Å²) in [7, 11) is 0. The molecule has 0 radical (unpaired) electrons. The molecule has 0 fully saturated rings. The Morgan fingerprint density at radius 1 is 0.882 bits per heavy atom. The Morgan fingerprint density at radius 3 is 2.18 bits per heavy atom. The zero-order valence-corrected chi connectivity index (χ0v) is 18.6. The lowest BCUT2D eigenvalue weighted by Gasteiger charge is -2.35. The minimum absolute atomic E-state index is 0.0139. The lowest BCUT2D eigenvalue weighted by Crippen LogP contribution is -2.44. The summed E-state index contributed by atoms with van der Waals surface area (Å²) in [6.07, 6.45) is 1.75. The molecule has 0 N–H and O–H groups in total. The van der Waals surface area contributed by atoms with Crippen molar-refractivity contribution >= 4 is 35.1 Å². The summed E-state index contributed by atoms with van der Waals surface area (Å²) in [5.41, 5.74) is 3.24. The summed E-state index contributed by atoms with van der Waals surface area (Å²) in [5, 5.41) is 0. The number of ether oxygens (including phenoxy) is 1. The SMILES string of the molecule is CC1CCc2ccccc2N1C(=O)COC(=O)c1ccc(N2C(=O)c3ccccc3C2=O)cc1. The Labute approximate surface area is 196 Å². The largest absolute Gasteiger partial charge is 0.452 e. The van der Waals surface area contributed by atoms with Crippen LogP contribution in [0.5, 0.6) is 0 Å². The van der Waals surface area contributed by atoms with Crippen molar-refractivity contribution in [1.29, 1.82) is 0 Å². The zero-order chi connectivity index (χ0) is 23.8. The van der Waals surface area contributed by atoms with Crippen LogP contribution in [0.25, 0.3) is 0 Å². The number of aryl methyl sites for hydroxylation is 1. The van der Waals surface area contributed by atoms with Crippen LogP contribution >= 0.6 is 0 Å². The number of imide groups is 1. The standard InChI is InChI=1S/C27H22N2O5/c1-17-10-11-18-6-2-5-9-23(18)28(17)24(30)16-34-27(33)19-12-14-20(15-13-19)29-25(31)21-7-3-4-8-22(21)26(29)32/h2-9,12-15,17H,10-11,16H2,1H3. The lowest BCUT2D eigenvalue weighted by atomic mass is 9.96. The van der Waals surface area contributed by atoms with Gasteiger partial charge in [0.2, 0.25) is 0 Å². The quantitative estimate of drug-likeness (QED) is 0.439. The molecule has 0 saturated heterocycles. The van der Waals surface area contributed by atoms with Crippen LogP contribution in [0.1, 0.15) is 50.0 Å². The van der Waals surface area contributed by atoms with E-state index in [2.05, 4.69) is 0 Å². The van der Waals surface area contributed by atoms with Crippen molar-refractivity contribution < 1.29 is 23.9 Å². The number of hydrogen-bond donors (Lipinski definition) is 0. The summed E-state index contributed by atoms with van der Waals surface area (Å²) in [5.74, 6) is -1.74. The van der Waals surface area contributed by atoms with Crippen molar-refractivity contribution in [3.8, 4) is 0 Å². The van der Waals surface area contributed by atoms with Crippen LogP contribution in [0.4, 0.5) is 11.4 Å². The van der Waals surface area contributed by atoms with Crippen LogP contribution in [0.15, 0.2) is 72.8 Å². The second-order valence-corrected chi connectivity index (χ2v) is 8.39. The second kappa shape index (κ2) is 8.59. The van der Waals surface area contributed by atoms with Crippen LogP contribution in [-0.2, 0) is 16.0 Å². The summed E-state index contributed by atoms with van der Waals surface area (Å²) in [6, 6.07) is 20.4. The van der Waals surface area contributed by atoms with Crippen molar-refractivity contribution in [2.45, 2.75) is 25.8 Å². The van der Waals surface area contributed by atoms with Gasteiger partial charge in [0.1, 0.15) is 0 Å². The van der Waals surface area contributed by atoms with E-state index in [1.54, 1.807) is 29.2 Å². The smallest absolute Gasteiger partial charge is 0.338 e. The third-order valence-corrected chi connectivity index (χ3v) is 6.27. The maximum Gasteiger partial charge on any atom is 0.338 e. The van der Waals surface area contributed by atoms with Crippen LogP contribution in [0, 0.1) is 0 Å².